The fourth-order valence-electron chi connectivity index (χ4n) is 3.07. The summed E-state index contributed by atoms with van der Waals surface area (Å²) in [7, 11) is 0. The maximum Gasteiger partial charge on any atom is 0.350 e. The Bertz CT molecular complexity index is 867. The highest BCUT2D eigenvalue weighted by atomic mass is 32.2. The smallest absolute Gasteiger partial charge is 0.350 e. The molecule has 2 aromatic rings. The Morgan fingerprint density at radius 1 is 1.00 bits per heavy atom. The van der Waals surface area contributed by atoms with Crippen LogP contribution in [0, 0.1) is 5.41 Å². The number of rotatable bonds is 5. The molecule has 0 bridgehead atoms. The van der Waals surface area contributed by atoms with Crippen LogP contribution in [0.4, 0.5) is 0 Å². The van der Waals surface area contributed by atoms with Gasteiger partial charge < -0.3 is 4.42 Å². The van der Waals surface area contributed by atoms with E-state index in [2.05, 4.69) is 45.1 Å². The van der Waals surface area contributed by atoms with Crippen LogP contribution < -0.4 is 5.63 Å². The van der Waals surface area contributed by atoms with E-state index >= 15 is 0 Å². The summed E-state index contributed by atoms with van der Waals surface area (Å²) in [6.07, 6.45) is 7.17. The molecular weight excluding hydrogens is 340 g/mol. The van der Waals surface area contributed by atoms with E-state index in [1.807, 2.05) is 30.3 Å². The topological polar surface area (TPSA) is 30.2 Å². The van der Waals surface area contributed by atoms with Crippen molar-refractivity contribution in [3.05, 3.63) is 81.9 Å². The molecule has 26 heavy (non-hydrogen) atoms. The SMILES string of the molecule is CC(C)(C)C1=CC=C(c2ccc(SCCc3ccccc3)c(=O)o2)CC1. The first-order valence-corrected chi connectivity index (χ1v) is 10.1. The minimum Gasteiger partial charge on any atom is -0.422 e. The molecule has 1 heterocycles. The molecule has 0 saturated heterocycles. The Hall–Kier alpha value is -2.00. The van der Waals surface area contributed by atoms with Gasteiger partial charge in [0.05, 0.1) is 4.90 Å². The summed E-state index contributed by atoms with van der Waals surface area (Å²) in [5.41, 5.74) is 3.80. The van der Waals surface area contributed by atoms with Crippen molar-refractivity contribution in [2.45, 2.75) is 44.9 Å². The van der Waals surface area contributed by atoms with Gasteiger partial charge in [-0.05, 0) is 47.9 Å². The zero-order valence-electron chi connectivity index (χ0n) is 15.7. The minimum atomic E-state index is -0.230. The van der Waals surface area contributed by atoms with E-state index in [0.29, 0.717) is 10.7 Å². The summed E-state index contributed by atoms with van der Waals surface area (Å²) >= 11 is 1.56. The molecule has 2 nitrogen and oxygen atoms in total. The van der Waals surface area contributed by atoms with Crippen LogP contribution >= 0.6 is 11.8 Å². The number of thioether (sulfide) groups is 1. The average molecular weight is 367 g/mol. The molecule has 0 amide bonds. The standard InChI is InChI=1S/C23H26O2S/c1-23(2,3)19-11-9-18(10-12-19)20-13-14-21(22(24)25-20)26-16-15-17-7-5-4-6-8-17/h4-9,11,13-14H,10,12,15-16H2,1-3H3. The van der Waals surface area contributed by atoms with Gasteiger partial charge in [0.25, 0.3) is 0 Å². The maximum atomic E-state index is 12.3. The van der Waals surface area contributed by atoms with Gasteiger partial charge in [0.2, 0.25) is 0 Å². The van der Waals surface area contributed by atoms with E-state index in [1.54, 1.807) is 11.8 Å². The number of aryl methyl sites for hydroxylation is 1. The molecule has 3 rings (SSSR count). The Morgan fingerprint density at radius 2 is 1.77 bits per heavy atom. The summed E-state index contributed by atoms with van der Waals surface area (Å²) < 4.78 is 5.60. The van der Waals surface area contributed by atoms with Crippen LogP contribution in [0.2, 0.25) is 0 Å². The lowest BCUT2D eigenvalue weighted by Crippen LogP contribution is -2.11. The van der Waals surface area contributed by atoms with Crippen molar-refractivity contribution in [3.8, 4) is 0 Å². The van der Waals surface area contributed by atoms with Gasteiger partial charge in [-0.25, -0.2) is 4.79 Å². The largest absolute Gasteiger partial charge is 0.422 e. The first kappa shape index (κ1) is 18.8. The summed E-state index contributed by atoms with van der Waals surface area (Å²) in [5, 5.41) is 0. The van der Waals surface area contributed by atoms with E-state index in [4.69, 9.17) is 4.42 Å². The quantitative estimate of drug-likeness (QED) is 0.597. The van der Waals surface area contributed by atoms with Crippen molar-refractivity contribution in [2.24, 2.45) is 5.41 Å². The number of allylic oxidation sites excluding steroid dienone is 4. The van der Waals surface area contributed by atoms with E-state index in [9.17, 15) is 4.79 Å². The monoisotopic (exact) mass is 366 g/mol. The summed E-state index contributed by atoms with van der Waals surface area (Å²) in [6.45, 7) is 6.71. The predicted octanol–water partition coefficient (Wildman–Crippen LogP) is 6.12. The molecule has 0 unspecified atom stereocenters. The molecular formula is C23H26O2S. The van der Waals surface area contributed by atoms with Gasteiger partial charge in [0.15, 0.2) is 0 Å². The molecule has 136 valence electrons. The zero-order chi connectivity index (χ0) is 18.6. The Morgan fingerprint density at radius 3 is 2.38 bits per heavy atom. The van der Waals surface area contributed by atoms with Crippen LogP contribution in [0.25, 0.3) is 5.57 Å². The molecule has 3 heteroatoms. The third kappa shape index (κ3) is 4.79. The van der Waals surface area contributed by atoms with Crippen LogP contribution in [0.1, 0.15) is 44.9 Å². The van der Waals surface area contributed by atoms with Crippen molar-refractivity contribution >= 4 is 17.3 Å². The second-order valence-corrected chi connectivity index (χ2v) is 8.81. The molecule has 0 fully saturated rings. The van der Waals surface area contributed by atoms with Gasteiger partial charge in [-0.15, -0.1) is 11.8 Å². The zero-order valence-corrected chi connectivity index (χ0v) is 16.6. The molecule has 1 aromatic carbocycles. The van der Waals surface area contributed by atoms with Crippen LogP contribution in [0.5, 0.6) is 0 Å². The number of benzene rings is 1. The predicted molar refractivity (Wildman–Crippen MR) is 111 cm³/mol. The molecule has 0 radical (unpaired) electrons. The second-order valence-electron chi connectivity index (χ2n) is 7.67. The van der Waals surface area contributed by atoms with E-state index in [-0.39, 0.29) is 11.0 Å². The van der Waals surface area contributed by atoms with Gasteiger partial charge in [0.1, 0.15) is 5.76 Å². The fourth-order valence-corrected chi connectivity index (χ4v) is 3.96. The number of hydrogen-bond donors (Lipinski definition) is 0. The molecule has 0 aliphatic heterocycles. The number of hydrogen-bond acceptors (Lipinski definition) is 3. The van der Waals surface area contributed by atoms with Crippen molar-refractivity contribution < 1.29 is 4.42 Å². The van der Waals surface area contributed by atoms with Crippen LogP contribution in [-0.4, -0.2) is 5.75 Å². The lowest BCUT2D eigenvalue weighted by molar-refractivity contribution is 0.469. The van der Waals surface area contributed by atoms with Gasteiger partial charge in [-0.3, -0.25) is 0 Å². The first-order valence-electron chi connectivity index (χ1n) is 9.15. The van der Waals surface area contributed by atoms with Crippen molar-refractivity contribution in [2.75, 3.05) is 5.75 Å². The highest BCUT2D eigenvalue weighted by Crippen LogP contribution is 2.35. The van der Waals surface area contributed by atoms with Crippen molar-refractivity contribution in [3.63, 3.8) is 0 Å². The summed E-state index contributed by atoms with van der Waals surface area (Å²) in [4.78, 5) is 13.0. The van der Waals surface area contributed by atoms with Crippen molar-refractivity contribution in [1.29, 1.82) is 0 Å². The van der Waals surface area contributed by atoms with Gasteiger partial charge in [-0.1, -0.05) is 68.8 Å². The third-order valence-corrected chi connectivity index (χ3v) is 5.73. The average Bonchev–Trinajstić information content (AvgIpc) is 2.63. The summed E-state index contributed by atoms with van der Waals surface area (Å²) in [5.74, 6) is 1.57. The van der Waals surface area contributed by atoms with Gasteiger partial charge >= 0.3 is 5.63 Å². The van der Waals surface area contributed by atoms with E-state index in [1.165, 1.54) is 11.1 Å². The van der Waals surface area contributed by atoms with Crippen LogP contribution in [0.15, 0.2) is 74.3 Å². The Labute approximate surface area is 160 Å². The first-order chi connectivity index (χ1) is 12.4. The molecule has 1 aromatic heterocycles. The lowest BCUT2D eigenvalue weighted by Gasteiger charge is -2.25. The molecule has 1 aliphatic carbocycles. The molecule has 0 atom stereocenters. The molecule has 0 saturated carbocycles. The highest BCUT2D eigenvalue weighted by Gasteiger charge is 2.20. The van der Waals surface area contributed by atoms with E-state index < -0.39 is 0 Å². The normalized spacial score (nSPS) is 14.7. The molecule has 0 spiro atoms. The van der Waals surface area contributed by atoms with Gasteiger partial charge in [-0.2, -0.15) is 0 Å². The Balaban J connectivity index is 1.66. The molecule has 1 aliphatic rings. The minimum absolute atomic E-state index is 0.197. The molecule has 0 N–H and O–H groups in total. The lowest BCUT2D eigenvalue weighted by atomic mass is 9.80. The summed E-state index contributed by atoms with van der Waals surface area (Å²) in [6, 6.07) is 14.2. The van der Waals surface area contributed by atoms with Crippen LogP contribution in [0.3, 0.4) is 0 Å². The Kier molecular flexibility index (Phi) is 5.87. The maximum absolute atomic E-state index is 12.3. The van der Waals surface area contributed by atoms with Gasteiger partial charge in [0, 0.05) is 5.75 Å². The van der Waals surface area contributed by atoms with Crippen molar-refractivity contribution in [1.82, 2.24) is 0 Å². The highest BCUT2D eigenvalue weighted by molar-refractivity contribution is 7.99. The third-order valence-electron chi connectivity index (χ3n) is 4.71. The second kappa shape index (κ2) is 8.13. The van der Waals surface area contributed by atoms with Crippen LogP contribution in [-0.2, 0) is 6.42 Å². The van der Waals surface area contributed by atoms with E-state index in [0.717, 1.165) is 30.6 Å². The fraction of sp³-hybridized carbons (Fsp3) is 0.348.